The maximum Gasteiger partial charge on any atom is 0.272 e. The molecule has 0 bridgehead atoms. The number of nitrogens with two attached hydrogens (primary N) is 1. The number of halogens is 1. The minimum Gasteiger partial charge on any atom is -0.333 e. The van der Waals surface area contributed by atoms with Crippen molar-refractivity contribution in [2.24, 2.45) is 12.8 Å². The lowest BCUT2D eigenvalue weighted by Crippen LogP contribution is -2.52. The summed E-state index contributed by atoms with van der Waals surface area (Å²) >= 11 is 0. The van der Waals surface area contributed by atoms with Crippen molar-refractivity contribution in [1.29, 1.82) is 0 Å². The predicted molar refractivity (Wildman–Crippen MR) is 77.5 cm³/mol. The molecule has 1 fully saturated rings. The number of likely N-dealkylation sites (tertiary alicyclic amines) is 1. The molecule has 19 heavy (non-hydrogen) atoms. The molecule has 1 saturated heterocycles. The Labute approximate surface area is 120 Å². The molecule has 0 aliphatic carbocycles. The van der Waals surface area contributed by atoms with E-state index < -0.39 is 0 Å². The van der Waals surface area contributed by atoms with Crippen molar-refractivity contribution in [3.05, 3.63) is 17.5 Å². The highest BCUT2D eigenvalue weighted by atomic mass is 35.5. The number of rotatable bonds is 2. The van der Waals surface area contributed by atoms with Crippen molar-refractivity contribution >= 4 is 18.3 Å². The van der Waals surface area contributed by atoms with Crippen LogP contribution in [0.1, 0.15) is 42.4 Å². The second-order valence-electron chi connectivity index (χ2n) is 5.22. The average Bonchev–Trinajstić information content (AvgIpc) is 2.67. The van der Waals surface area contributed by atoms with Crippen molar-refractivity contribution in [3.8, 4) is 0 Å². The van der Waals surface area contributed by atoms with Gasteiger partial charge < -0.3 is 10.6 Å². The molecule has 108 valence electrons. The van der Waals surface area contributed by atoms with Crippen molar-refractivity contribution in [2.45, 2.75) is 45.2 Å². The maximum absolute atomic E-state index is 12.6. The number of aryl methyl sites for hydroxylation is 2. The van der Waals surface area contributed by atoms with Gasteiger partial charge in [-0.05, 0) is 39.2 Å². The van der Waals surface area contributed by atoms with Crippen molar-refractivity contribution in [1.82, 2.24) is 14.7 Å². The van der Waals surface area contributed by atoms with Crippen molar-refractivity contribution < 1.29 is 4.79 Å². The highest BCUT2D eigenvalue weighted by molar-refractivity contribution is 5.93. The summed E-state index contributed by atoms with van der Waals surface area (Å²) in [5.74, 6) is 0.0556. The summed E-state index contributed by atoms with van der Waals surface area (Å²) in [4.78, 5) is 14.5. The van der Waals surface area contributed by atoms with Crippen LogP contribution in [0.15, 0.2) is 6.07 Å². The van der Waals surface area contributed by atoms with Gasteiger partial charge in [0.05, 0.1) is 5.69 Å². The fourth-order valence-corrected chi connectivity index (χ4v) is 2.71. The summed E-state index contributed by atoms with van der Waals surface area (Å²) in [6.45, 7) is 4.68. The number of hydrogen-bond donors (Lipinski definition) is 1. The van der Waals surface area contributed by atoms with Gasteiger partial charge in [0.25, 0.3) is 5.91 Å². The lowest BCUT2D eigenvalue weighted by Gasteiger charge is -2.37. The van der Waals surface area contributed by atoms with Gasteiger partial charge in [0, 0.05) is 25.7 Å². The molecule has 1 aliphatic heterocycles. The number of hydrogen-bond acceptors (Lipinski definition) is 3. The number of piperidine rings is 1. The van der Waals surface area contributed by atoms with E-state index in [4.69, 9.17) is 5.73 Å². The first-order chi connectivity index (χ1) is 8.50. The van der Waals surface area contributed by atoms with Gasteiger partial charge in [-0.3, -0.25) is 9.48 Å². The van der Waals surface area contributed by atoms with E-state index >= 15 is 0 Å². The Hall–Kier alpha value is -1.07. The molecule has 5 nitrogen and oxygen atoms in total. The Morgan fingerprint density at radius 2 is 2.21 bits per heavy atom. The van der Waals surface area contributed by atoms with Crippen LogP contribution in [-0.4, -0.2) is 39.2 Å². The second kappa shape index (κ2) is 6.39. The molecule has 2 heterocycles. The number of aromatic nitrogens is 2. The van der Waals surface area contributed by atoms with Gasteiger partial charge in [0.2, 0.25) is 0 Å². The van der Waals surface area contributed by atoms with Gasteiger partial charge in [-0.2, -0.15) is 5.10 Å². The van der Waals surface area contributed by atoms with E-state index in [1.807, 2.05) is 31.9 Å². The Morgan fingerprint density at radius 3 is 2.74 bits per heavy atom. The summed E-state index contributed by atoms with van der Waals surface area (Å²) in [5.41, 5.74) is 7.52. The van der Waals surface area contributed by atoms with Gasteiger partial charge in [-0.15, -0.1) is 12.4 Å². The highest BCUT2D eigenvalue weighted by Crippen LogP contribution is 2.21. The van der Waals surface area contributed by atoms with E-state index in [0.29, 0.717) is 5.69 Å². The Kier molecular flexibility index (Phi) is 5.38. The largest absolute Gasteiger partial charge is 0.333 e. The topological polar surface area (TPSA) is 64.2 Å². The highest BCUT2D eigenvalue weighted by Gasteiger charge is 2.31. The first kappa shape index (κ1) is 16.0. The quantitative estimate of drug-likeness (QED) is 0.896. The molecular weight excluding hydrogens is 264 g/mol. The molecule has 1 aromatic heterocycles. The summed E-state index contributed by atoms with van der Waals surface area (Å²) in [5, 5.41) is 4.23. The molecule has 0 saturated carbocycles. The first-order valence-corrected chi connectivity index (χ1v) is 6.58. The van der Waals surface area contributed by atoms with E-state index in [-0.39, 0.29) is 30.4 Å². The Morgan fingerprint density at radius 1 is 1.53 bits per heavy atom. The molecule has 2 rings (SSSR count). The van der Waals surface area contributed by atoms with Crippen LogP contribution >= 0.6 is 12.4 Å². The van der Waals surface area contributed by atoms with Crippen LogP contribution in [-0.2, 0) is 7.05 Å². The molecule has 0 radical (unpaired) electrons. The van der Waals surface area contributed by atoms with Crippen molar-refractivity contribution in [3.63, 3.8) is 0 Å². The van der Waals surface area contributed by atoms with Crippen LogP contribution in [0.3, 0.4) is 0 Å². The molecule has 2 N–H and O–H groups in total. The molecule has 1 aromatic rings. The third-order valence-electron chi connectivity index (χ3n) is 3.64. The van der Waals surface area contributed by atoms with Gasteiger partial charge >= 0.3 is 0 Å². The SMILES string of the molecule is Cc1cc(C(=O)N2CCCCC2C(C)N)n(C)n1.Cl. The lowest BCUT2D eigenvalue weighted by molar-refractivity contribution is 0.0572. The zero-order valence-corrected chi connectivity index (χ0v) is 12.6. The number of amides is 1. The van der Waals surface area contributed by atoms with Gasteiger partial charge in [0.15, 0.2) is 0 Å². The van der Waals surface area contributed by atoms with Crippen molar-refractivity contribution in [2.75, 3.05) is 6.54 Å². The van der Waals surface area contributed by atoms with E-state index in [2.05, 4.69) is 5.10 Å². The molecule has 0 aromatic carbocycles. The van der Waals surface area contributed by atoms with E-state index in [1.54, 1.807) is 4.68 Å². The third-order valence-corrected chi connectivity index (χ3v) is 3.64. The molecule has 0 spiro atoms. The molecule has 1 amide bonds. The fourth-order valence-electron chi connectivity index (χ4n) is 2.71. The van der Waals surface area contributed by atoms with E-state index in [0.717, 1.165) is 31.5 Å². The summed E-state index contributed by atoms with van der Waals surface area (Å²) in [7, 11) is 1.81. The minimum atomic E-state index is 0. The number of carbonyl (C=O) groups is 1. The monoisotopic (exact) mass is 286 g/mol. The molecular formula is C13H23ClN4O. The summed E-state index contributed by atoms with van der Waals surface area (Å²) < 4.78 is 1.66. The van der Waals surface area contributed by atoms with Gasteiger partial charge in [-0.1, -0.05) is 0 Å². The van der Waals surface area contributed by atoms with Gasteiger partial charge in [0.1, 0.15) is 5.69 Å². The molecule has 6 heteroatoms. The third kappa shape index (κ3) is 3.28. The van der Waals surface area contributed by atoms with Crippen LogP contribution in [0.2, 0.25) is 0 Å². The second-order valence-corrected chi connectivity index (χ2v) is 5.22. The normalized spacial score (nSPS) is 20.8. The number of carbonyl (C=O) groups excluding carboxylic acids is 1. The zero-order valence-electron chi connectivity index (χ0n) is 11.8. The average molecular weight is 287 g/mol. The summed E-state index contributed by atoms with van der Waals surface area (Å²) in [6, 6.07) is 2.01. The van der Waals surface area contributed by atoms with Crippen LogP contribution in [0, 0.1) is 6.92 Å². The van der Waals surface area contributed by atoms with Crippen LogP contribution in [0.25, 0.3) is 0 Å². The molecule has 2 atom stereocenters. The zero-order chi connectivity index (χ0) is 13.3. The maximum atomic E-state index is 12.6. The summed E-state index contributed by atoms with van der Waals surface area (Å²) in [6.07, 6.45) is 3.21. The Balaban J connectivity index is 0.00000180. The lowest BCUT2D eigenvalue weighted by atomic mass is 9.96. The fraction of sp³-hybridized carbons (Fsp3) is 0.692. The molecule has 2 unspecified atom stereocenters. The smallest absolute Gasteiger partial charge is 0.272 e. The first-order valence-electron chi connectivity index (χ1n) is 6.58. The van der Waals surface area contributed by atoms with E-state index in [1.165, 1.54) is 0 Å². The number of nitrogens with zero attached hydrogens (tertiary/aromatic N) is 3. The molecule has 1 aliphatic rings. The minimum absolute atomic E-state index is 0. The predicted octanol–water partition coefficient (Wildman–Crippen LogP) is 1.49. The Bertz CT molecular complexity index is 444. The standard InChI is InChI=1S/C13H22N4O.ClH/c1-9-8-12(16(3)15-9)13(18)17-7-5-4-6-11(17)10(2)14;/h8,10-11H,4-7,14H2,1-3H3;1H. The van der Waals surface area contributed by atoms with Crippen LogP contribution in [0.5, 0.6) is 0 Å². The van der Waals surface area contributed by atoms with Gasteiger partial charge in [-0.25, -0.2) is 0 Å². The van der Waals surface area contributed by atoms with Crippen LogP contribution < -0.4 is 5.73 Å². The van der Waals surface area contributed by atoms with Crippen LogP contribution in [0.4, 0.5) is 0 Å². The van der Waals surface area contributed by atoms with E-state index in [9.17, 15) is 4.79 Å².